The van der Waals surface area contributed by atoms with E-state index in [1.54, 1.807) is 24.8 Å². The standard InChI is InChI=1S/C19H23N9.HI/c1-15-21-8-9-28(15)17-16(4-2-5-22-17)14-25-18(20)26-10-12-27(13-11-26)19-23-6-3-7-24-19;/h2-9H,10-14H2,1H3,(H2,20,25);1H. The van der Waals surface area contributed by atoms with Gasteiger partial charge in [-0.1, -0.05) is 6.07 Å². The maximum absolute atomic E-state index is 6.27. The number of aryl methyl sites for hydroxylation is 1. The second-order valence-electron chi connectivity index (χ2n) is 6.53. The van der Waals surface area contributed by atoms with Gasteiger partial charge in [-0.05, 0) is 19.1 Å². The van der Waals surface area contributed by atoms with E-state index >= 15 is 0 Å². The lowest BCUT2D eigenvalue weighted by Gasteiger charge is -2.35. The van der Waals surface area contributed by atoms with E-state index in [4.69, 9.17) is 5.73 Å². The second-order valence-corrected chi connectivity index (χ2v) is 6.53. The Labute approximate surface area is 186 Å². The number of pyridine rings is 1. The first kappa shape index (κ1) is 21.0. The van der Waals surface area contributed by atoms with E-state index in [-0.39, 0.29) is 24.0 Å². The zero-order valence-electron chi connectivity index (χ0n) is 16.2. The molecule has 152 valence electrons. The minimum Gasteiger partial charge on any atom is -0.370 e. The number of nitrogens with zero attached hydrogens (tertiary/aromatic N) is 8. The Morgan fingerprint density at radius 2 is 1.72 bits per heavy atom. The number of rotatable bonds is 4. The van der Waals surface area contributed by atoms with Crippen LogP contribution in [0, 0.1) is 6.92 Å². The summed E-state index contributed by atoms with van der Waals surface area (Å²) in [5, 5.41) is 0. The van der Waals surface area contributed by atoms with Crippen LogP contribution < -0.4 is 10.6 Å². The SMILES string of the molecule is Cc1nccn1-c1ncccc1CN=C(N)N1CCN(c2ncccn2)CC1.I. The van der Waals surface area contributed by atoms with Gasteiger partial charge in [0.15, 0.2) is 5.96 Å². The maximum atomic E-state index is 6.27. The molecule has 2 N–H and O–H groups in total. The lowest BCUT2D eigenvalue weighted by molar-refractivity contribution is 0.378. The van der Waals surface area contributed by atoms with E-state index in [0.717, 1.165) is 49.3 Å². The average Bonchev–Trinajstić information content (AvgIpc) is 3.18. The van der Waals surface area contributed by atoms with Gasteiger partial charge in [0.1, 0.15) is 11.6 Å². The van der Waals surface area contributed by atoms with E-state index in [1.165, 1.54) is 0 Å². The van der Waals surface area contributed by atoms with Gasteiger partial charge in [-0.3, -0.25) is 4.57 Å². The summed E-state index contributed by atoms with van der Waals surface area (Å²) in [6.45, 7) is 5.61. The molecule has 0 amide bonds. The predicted octanol–water partition coefficient (Wildman–Crippen LogP) is 1.62. The fraction of sp³-hybridized carbons (Fsp3) is 0.316. The summed E-state index contributed by atoms with van der Waals surface area (Å²) in [6, 6.07) is 5.75. The van der Waals surface area contributed by atoms with Crippen molar-refractivity contribution in [2.75, 3.05) is 31.1 Å². The van der Waals surface area contributed by atoms with Crippen molar-refractivity contribution in [3.8, 4) is 5.82 Å². The molecule has 0 bridgehead atoms. The topological polar surface area (TPSA) is 101 Å². The molecular weight excluding hydrogens is 481 g/mol. The third-order valence-corrected chi connectivity index (χ3v) is 4.77. The summed E-state index contributed by atoms with van der Waals surface area (Å²) in [5.74, 6) is 3.02. The summed E-state index contributed by atoms with van der Waals surface area (Å²) in [7, 11) is 0. The molecule has 0 atom stereocenters. The molecule has 10 heteroatoms. The van der Waals surface area contributed by atoms with Gasteiger partial charge in [0, 0.05) is 62.7 Å². The molecule has 9 nitrogen and oxygen atoms in total. The van der Waals surface area contributed by atoms with Crippen LogP contribution in [0.1, 0.15) is 11.4 Å². The number of imidazole rings is 1. The number of aliphatic imine (C=N–C) groups is 1. The average molecular weight is 505 g/mol. The molecule has 1 aliphatic heterocycles. The summed E-state index contributed by atoms with van der Waals surface area (Å²) in [4.78, 5) is 26.3. The number of aromatic nitrogens is 5. The molecule has 0 unspecified atom stereocenters. The summed E-state index contributed by atoms with van der Waals surface area (Å²) < 4.78 is 1.96. The Morgan fingerprint density at radius 3 is 2.41 bits per heavy atom. The molecule has 1 saturated heterocycles. The monoisotopic (exact) mass is 505 g/mol. The van der Waals surface area contributed by atoms with Crippen molar-refractivity contribution < 1.29 is 0 Å². The lowest BCUT2D eigenvalue weighted by Crippen LogP contribution is -2.51. The van der Waals surface area contributed by atoms with Gasteiger partial charge in [-0.25, -0.2) is 24.9 Å². The van der Waals surface area contributed by atoms with Gasteiger partial charge in [-0.15, -0.1) is 24.0 Å². The zero-order valence-corrected chi connectivity index (χ0v) is 18.5. The van der Waals surface area contributed by atoms with Gasteiger partial charge >= 0.3 is 0 Å². The normalized spacial score (nSPS) is 14.6. The molecule has 4 heterocycles. The fourth-order valence-electron chi connectivity index (χ4n) is 3.23. The molecule has 0 saturated carbocycles. The first-order valence-electron chi connectivity index (χ1n) is 9.23. The molecule has 29 heavy (non-hydrogen) atoms. The second kappa shape index (κ2) is 9.63. The minimum absolute atomic E-state index is 0. The van der Waals surface area contributed by atoms with Crippen LogP contribution in [-0.2, 0) is 6.54 Å². The van der Waals surface area contributed by atoms with Crippen molar-refractivity contribution in [1.82, 2.24) is 29.4 Å². The van der Waals surface area contributed by atoms with Gasteiger partial charge in [0.2, 0.25) is 5.95 Å². The van der Waals surface area contributed by atoms with E-state index in [1.807, 2.05) is 35.9 Å². The van der Waals surface area contributed by atoms with Crippen LogP contribution in [0.5, 0.6) is 0 Å². The van der Waals surface area contributed by atoms with Gasteiger partial charge < -0.3 is 15.5 Å². The number of nitrogens with two attached hydrogens (primary N) is 1. The number of halogens is 1. The number of hydrogen-bond donors (Lipinski definition) is 1. The molecular formula is C19H24IN9. The Morgan fingerprint density at radius 1 is 1.00 bits per heavy atom. The van der Waals surface area contributed by atoms with Crippen LogP contribution in [0.25, 0.3) is 5.82 Å². The molecule has 3 aromatic rings. The maximum Gasteiger partial charge on any atom is 0.225 e. The van der Waals surface area contributed by atoms with E-state index in [2.05, 4.69) is 34.7 Å². The van der Waals surface area contributed by atoms with Gasteiger partial charge in [0.05, 0.1) is 6.54 Å². The Kier molecular flexibility index (Phi) is 6.96. The van der Waals surface area contributed by atoms with Crippen molar-refractivity contribution in [3.05, 3.63) is 60.6 Å². The third-order valence-electron chi connectivity index (χ3n) is 4.77. The highest BCUT2D eigenvalue weighted by Crippen LogP contribution is 2.15. The number of guanidine groups is 1. The smallest absolute Gasteiger partial charge is 0.225 e. The van der Waals surface area contributed by atoms with Crippen molar-refractivity contribution >= 4 is 35.9 Å². The molecule has 0 aromatic carbocycles. The van der Waals surface area contributed by atoms with E-state index < -0.39 is 0 Å². The Bertz CT molecular complexity index is 949. The molecule has 1 fully saturated rings. The molecule has 3 aromatic heterocycles. The van der Waals surface area contributed by atoms with Crippen molar-refractivity contribution in [2.45, 2.75) is 13.5 Å². The first-order chi connectivity index (χ1) is 13.7. The molecule has 0 radical (unpaired) electrons. The summed E-state index contributed by atoms with van der Waals surface area (Å²) in [5.41, 5.74) is 7.27. The van der Waals surface area contributed by atoms with E-state index in [0.29, 0.717) is 12.5 Å². The minimum atomic E-state index is 0. The predicted molar refractivity (Wildman–Crippen MR) is 123 cm³/mol. The van der Waals surface area contributed by atoms with Crippen LogP contribution >= 0.6 is 24.0 Å². The number of piperazine rings is 1. The number of hydrogen-bond acceptors (Lipinski definition) is 6. The quantitative estimate of drug-likeness (QED) is 0.327. The summed E-state index contributed by atoms with van der Waals surface area (Å²) >= 11 is 0. The largest absolute Gasteiger partial charge is 0.370 e. The Hall–Kier alpha value is -2.76. The van der Waals surface area contributed by atoms with Crippen LogP contribution in [-0.4, -0.2) is 61.5 Å². The van der Waals surface area contributed by atoms with Crippen molar-refractivity contribution in [3.63, 3.8) is 0 Å². The lowest BCUT2D eigenvalue weighted by atomic mass is 10.2. The van der Waals surface area contributed by atoms with Gasteiger partial charge in [-0.2, -0.15) is 0 Å². The molecule has 1 aliphatic rings. The van der Waals surface area contributed by atoms with Crippen molar-refractivity contribution in [2.24, 2.45) is 10.7 Å². The zero-order chi connectivity index (χ0) is 19.3. The van der Waals surface area contributed by atoms with Crippen LogP contribution in [0.3, 0.4) is 0 Å². The van der Waals surface area contributed by atoms with Crippen LogP contribution in [0.4, 0.5) is 5.95 Å². The first-order valence-corrected chi connectivity index (χ1v) is 9.23. The summed E-state index contributed by atoms with van der Waals surface area (Å²) in [6.07, 6.45) is 8.96. The molecule has 0 spiro atoms. The van der Waals surface area contributed by atoms with E-state index in [9.17, 15) is 0 Å². The van der Waals surface area contributed by atoms with Crippen LogP contribution in [0.2, 0.25) is 0 Å². The number of anilines is 1. The molecule has 0 aliphatic carbocycles. The molecule has 4 rings (SSSR count). The van der Waals surface area contributed by atoms with Crippen molar-refractivity contribution in [1.29, 1.82) is 0 Å². The third kappa shape index (κ3) is 4.81. The van der Waals surface area contributed by atoms with Crippen LogP contribution in [0.15, 0.2) is 54.2 Å². The fourth-order valence-corrected chi connectivity index (χ4v) is 3.23. The Balaban J connectivity index is 0.00000240. The highest BCUT2D eigenvalue weighted by molar-refractivity contribution is 14.0. The highest BCUT2D eigenvalue weighted by atomic mass is 127. The highest BCUT2D eigenvalue weighted by Gasteiger charge is 2.20. The van der Waals surface area contributed by atoms with Gasteiger partial charge in [0.25, 0.3) is 0 Å².